The molecule has 0 radical (unpaired) electrons. The average Bonchev–Trinajstić information content (AvgIpc) is 2.60. The Kier molecular flexibility index (Phi) is 7.41. The van der Waals surface area contributed by atoms with Crippen molar-refractivity contribution in [1.82, 2.24) is 5.32 Å². The maximum Gasteiger partial charge on any atom is 0.251 e. The monoisotopic (exact) mass is 374 g/mol. The van der Waals surface area contributed by atoms with Crippen molar-refractivity contribution in [3.63, 3.8) is 0 Å². The summed E-state index contributed by atoms with van der Waals surface area (Å²) >= 11 is 7.85. The minimum Gasteiger partial charge on any atom is -0.378 e. The molecule has 0 spiro atoms. The number of nitrogens with one attached hydrogen (secondary N) is 2. The molecule has 1 unspecified atom stereocenters. The van der Waals surface area contributed by atoms with Crippen LogP contribution in [-0.4, -0.2) is 18.2 Å². The summed E-state index contributed by atoms with van der Waals surface area (Å²) in [5.74, 6) is -0.0797. The van der Waals surface area contributed by atoms with E-state index in [1.54, 1.807) is 11.8 Å². The molecule has 0 fully saturated rings. The topological polar surface area (TPSA) is 41.1 Å². The van der Waals surface area contributed by atoms with E-state index in [0.717, 1.165) is 16.3 Å². The first-order valence-electron chi connectivity index (χ1n) is 8.12. The van der Waals surface area contributed by atoms with Crippen LogP contribution >= 0.6 is 23.4 Å². The highest BCUT2D eigenvalue weighted by atomic mass is 35.5. The van der Waals surface area contributed by atoms with Crippen LogP contribution in [0.15, 0.2) is 60.0 Å². The smallest absolute Gasteiger partial charge is 0.251 e. The molecule has 2 N–H and O–H groups in total. The zero-order valence-corrected chi connectivity index (χ0v) is 16.2. The minimum atomic E-state index is -0.0797. The Morgan fingerprint density at radius 3 is 2.44 bits per heavy atom. The molecule has 0 aliphatic carbocycles. The zero-order valence-electron chi connectivity index (χ0n) is 14.6. The second kappa shape index (κ2) is 9.54. The molecule has 0 aliphatic rings. The molecule has 0 saturated heterocycles. The van der Waals surface area contributed by atoms with Gasteiger partial charge in [0.05, 0.1) is 0 Å². The first-order chi connectivity index (χ1) is 12.0. The molecule has 132 valence electrons. The predicted octanol–water partition coefficient (Wildman–Crippen LogP) is 5.51. The highest BCUT2D eigenvalue weighted by molar-refractivity contribution is 8.01. The number of anilines is 1. The van der Waals surface area contributed by atoms with E-state index >= 15 is 0 Å². The Bertz CT molecular complexity index is 731. The number of amides is 1. The molecule has 0 saturated carbocycles. The molecule has 3 nitrogen and oxygen atoms in total. The van der Waals surface area contributed by atoms with Crippen LogP contribution < -0.4 is 10.6 Å². The van der Waals surface area contributed by atoms with Crippen molar-refractivity contribution in [1.29, 1.82) is 0 Å². The van der Waals surface area contributed by atoms with Crippen LogP contribution in [0, 0.1) is 0 Å². The van der Waals surface area contributed by atoms with Gasteiger partial charge in [-0.2, -0.15) is 0 Å². The summed E-state index contributed by atoms with van der Waals surface area (Å²) in [6.07, 6.45) is 3.95. The average molecular weight is 375 g/mol. The third kappa shape index (κ3) is 5.83. The number of benzene rings is 2. The van der Waals surface area contributed by atoms with E-state index in [1.807, 2.05) is 73.2 Å². The lowest BCUT2D eigenvalue weighted by atomic mass is 10.1. The summed E-state index contributed by atoms with van der Waals surface area (Å²) < 4.78 is 0. The molecule has 0 aliphatic heterocycles. The number of carbonyl (C=O) groups excluding carboxylic acids is 1. The number of carbonyl (C=O) groups is 1. The van der Waals surface area contributed by atoms with Crippen LogP contribution in [0.5, 0.6) is 0 Å². The van der Waals surface area contributed by atoms with E-state index < -0.39 is 0 Å². The first-order valence-corrected chi connectivity index (χ1v) is 9.79. The Balaban J connectivity index is 1.99. The van der Waals surface area contributed by atoms with Gasteiger partial charge in [0.25, 0.3) is 5.91 Å². The summed E-state index contributed by atoms with van der Waals surface area (Å²) in [5, 5.41) is 9.06. The van der Waals surface area contributed by atoms with E-state index in [9.17, 15) is 4.79 Å². The maximum atomic E-state index is 12.2. The molecule has 25 heavy (non-hydrogen) atoms. The van der Waals surface area contributed by atoms with Gasteiger partial charge in [0.15, 0.2) is 0 Å². The van der Waals surface area contributed by atoms with E-state index in [-0.39, 0.29) is 18.0 Å². The van der Waals surface area contributed by atoms with Crippen molar-refractivity contribution >= 4 is 35.0 Å². The zero-order chi connectivity index (χ0) is 18.2. The lowest BCUT2D eigenvalue weighted by molar-refractivity contribution is 0.0947. The van der Waals surface area contributed by atoms with Gasteiger partial charge in [-0.3, -0.25) is 4.79 Å². The Morgan fingerprint density at radius 2 is 1.80 bits per heavy atom. The maximum absolute atomic E-state index is 12.2. The lowest BCUT2D eigenvalue weighted by Gasteiger charge is -2.17. The van der Waals surface area contributed by atoms with Crippen molar-refractivity contribution in [2.24, 2.45) is 0 Å². The van der Waals surface area contributed by atoms with Crippen LogP contribution in [0.4, 0.5) is 5.69 Å². The number of rotatable bonds is 7. The third-order valence-electron chi connectivity index (χ3n) is 3.76. The van der Waals surface area contributed by atoms with Gasteiger partial charge < -0.3 is 10.6 Å². The van der Waals surface area contributed by atoms with Gasteiger partial charge in [-0.05, 0) is 61.4 Å². The van der Waals surface area contributed by atoms with Crippen LogP contribution in [0.2, 0.25) is 5.02 Å². The molecule has 0 heterocycles. The molecular formula is C20H23ClN2OS. The van der Waals surface area contributed by atoms with Gasteiger partial charge in [0, 0.05) is 28.4 Å². The van der Waals surface area contributed by atoms with Gasteiger partial charge in [-0.1, -0.05) is 35.9 Å². The summed E-state index contributed by atoms with van der Waals surface area (Å²) in [6.45, 7) is 4.01. The number of halogens is 1. The van der Waals surface area contributed by atoms with Crippen LogP contribution in [0.25, 0.3) is 0 Å². The third-order valence-corrected chi connectivity index (χ3v) is 4.54. The van der Waals surface area contributed by atoms with Crippen LogP contribution in [0.3, 0.4) is 0 Å². The summed E-state index contributed by atoms with van der Waals surface area (Å²) in [5.41, 5.74) is 2.63. The normalized spacial score (nSPS) is 13.4. The Morgan fingerprint density at radius 1 is 1.12 bits per heavy atom. The summed E-state index contributed by atoms with van der Waals surface area (Å²) in [7, 11) is 0. The standard InChI is InChI=1S/C20H23ClN2OS/c1-14(12-13-25-3)22-20(24)16-8-10-17(11-9-16)23-15(2)18-6-4-5-7-19(18)21/h4-15,23H,1-3H3,(H,22,24)/b13-12+/t14-,15?/m1/s1. The number of hydrogen-bond donors (Lipinski definition) is 2. The van der Waals surface area contributed by atoms with E-state index in [1.165, 1.54) is 0 Å². The number of thioether (sulfide) groups is 1. The second-order valence-corrected chi connectivity index (χ2v) is 6.94. The van der Waals surface area contributed by atoms with Gasteiger partial charge >= 0.3 is 0 Å². The fourth-order valence-corrected chi connectivity index (χ4v) is 3.10. The van der Waals surface area contributed by atoms with Gasteiger partial charge in [-0.25, -0.2) is 0 Å². The molecule has 2 aromatic rings. The van der Waals surface area contributed by atoms with Gasteiger partial charge in [0.1, 0.15) is 0 Å². The molecule has 0 aromatic heterocycles. The second-order valence-electron chi connectivity index (χ2n) is 5.79. The molecule has 0 bridgehead atoms. The van der Waals surface area contributed by atoms with Crippen molar-refractivity contribution in [3.8, 4) is 0 Å². The fourth-order valence-electron chi connectivity index (χ4n) is 2.41. The highest BCUT2D eigenvalue weighted by Crippen LogP contribution is 2.25. The van der Waals surface area contributed by atoms with Crippen LogP contribution in [-0.2, 0) is 0 Å². The van der Waals surface area contributed by atoms with E-state index in [0.29, 0.717) is 5.56 Å². The quantitative estimate of drug-likeness (QED) is 0.671. The van der Waals surface area contributed by atoms with Crippen molar-refractivity contribution < 1.29 is 4.79 Å². The van der Waals surface area contributed by atoms with Gasteiger partial charge in [0.2, 0.25) is 0 Å². The Labute approximate surface area is 158 Å². The SMILES string of the molecule is CS/C=C/[C@@H](C)NC(=O)c1ccc(NC(C)c2ccccc2Cl)cc1. The molecule has 2 atom stereocenters. The molecule has 2 aromatic carbocycles. The Hall–Kier alpha value is -1.91. The van der Waals surface area contributed by atoms with Crippen molar-refractivity contribution in [3.05, 3.63) is 76.2 Å². The van der Waals surface area contributed by atoms with Crippen molar-refractivity contribution in [2.45, 2.75) is 25.9 Å². The molecule has 5 heteroatoms. The summed E-state index contributed by atoms with van der Waals surface area (Å²) in [4.78, 5) is 12.2. The molecular weight excluding hydrogens is 352 g/mol. The van der Waals surface area contributed by atoms with E-state index in [2.05, 4.69) is 17.6 Å². The minimum absolute atomic E-state index is 0.00186. The summed E-state index contributed by atoms with van der Waals surface area (Å²) in [6, 6.07) is 15.3. The molecule has 1 amide bonds. The highest BCUT2D eigenvalue weighted by Gasteiger charge is 2.10. The lowest BCUT2D eigenvalue weighted by Crippen LogP contribution is -2.30. The van der Waals surface area contributed by atoms with Crippen molar-refractivity contribution in [2.75, 3.05) is 11.6 Å². The first kappa shape index (κ1) is 19.4. The van der Waals surface area contributed by atoms with Crippen LogP contribution in [0.1, 0.15) is 35.8 Å². The van der Waals surface area contributed by atoms with E-state index in [4.69, 9.17) is 11.6 Å². The predicted molar refractivity (Wildman–Crippen MR) is 110 cm³/mol. The van der Waals surface area contributed by atoms with Gasteiger partial charge in [-0.15, -0.1) is 11.8 Å². The number of hydrogen-bond acceptors (Lipinski definition) is 3. The fraction of sp³-hybridized carbons (Fsp3) is 0.250. The molecule has 2 rings (SSSR count). The largest absolute Gasteiger partial charge is 0.378 e.